The fourth-order valence-electron chi connectivity index (χ4n) is 2.56. The molecule has 0 radical (unpaired) electrons. The summed E-state index contributed by atoms with van der Waals surface area (Å²) >= 11 is 0. The maximum Gasteiger partial charge on any atom is 0.417 e. The molecule has 0 aliphatic rings. The van der Waals surface area contributed by atoms with Crippen LogP contribution < -0.4 is 0 Å². The Morgan fingerprint density at radius 1 is 1.18 bits per heavy atom. The van der Waals surface area contributed by atoms with Crippen molar-refractivity contribution in [3.63, 3.8) is 0 Å². The number of hydrogen-bond acceptors (Lipinski definition) is 1. The van der Waals surface area contributed by atoms with E-state index < -0.39 is 23.1 Å². The third kappa shape index (κ3) is 2.46. The zero-order chi connectivity index (χ0) is 16.9. The van der Waals surface area contributed by atoms with Gasteiger partial charge in [0, 0.05) is 23.1 Å². The number of nitrogens with zero attached hydrogens (tertiary/aromatic N) is 1. The van der Waals surface area contributed by atoms with E-state index in [9.17, 15) is 23.1 Å². The van der Waals surface area contributed by atoms with E-state index in [0.29, 0.717) is 5.52 Å². The Balaban J connectivity index is 2.96. The number of hydrogen-bond donors (Lipinski definition) is 1. The third-order valence-electron chi connectivity index (χ3n) is 3.93. The number of aromatic nitrogens is 1. The van der Waals surface area contributed by atoms with Crippen LogP contribution in [0.1, 0.15) is 44.9 Å². The number of rotatable bonds is 3. The topological polar surface area (TPSA) is 42.2 Å². The molecule has 1 aromatic heterocycles. The number of alkyl halides is 3. The van der Waals surface area contributed by atoms with Gasteiger partial charge in [-0.15, -0.1) is 0 Å². The summed E-state index contributed by atoms with van der Waals surface area (Å²) in [6.45, 7) is 6.53. The van der Waals surface area contributed by atoms with Crippen molar-refractivity contribution in [3.05, 3.63) is 35.5 Å². The molecule has 0 saturated heterocycles. The van der Waals surface area contributed by atoms with Crippen LogP contribution in [0.5, 0.6) is 0 Å². The summed E-state index contributed by atoms with van der Waals surface area (Å²) in [5, 5.41) is 9.37. The predicted octanol–water partition coefficient (Wildman–Crippen LogP) is 4.60. The minimum absolute atomic E-state index is 0.0314. The molecular weight excluding hydrogens is 295 g/mol. The van der Waals surface area contributed by atoms with Gasteiger partial charge in [0.1, 0.15) is 0 Å². The van der Waals surface area contributed by atoms with Crippen molar-refractivity contribution >= 4 is 16.9 Å². The number of halogens is 3. The number of aliphatic carboxylic acids is 1. The zero-order valence-corrected chi connectivity index (χ0v) is 12.8. The molecule has 22 heavy (non-hydrogen) atoms. The van der Waals surface area contributed by atoms with Gasteiger partial charge in [0.05, 0.1) is 11.0 Å². The Bertz CT molecular complexity index is 727. The Morgan fingerprint density at radius 2 is 1.77 bits per heavy atom. The largest absolute Gasteiger partial charge is 0.481 e. The first-order chi connectivity index (χ1) is 9.98. The van der Waals surface area contributed by atoms with Gasteiger partial charge in [0.15, 0.2) is 0 Å². The summed E-state index contributed by atoms with van der Waals surface area (Å²) < 4.78 is 41.7. The van der Waals surface area contributed by atoms with Crippen molar-refractivity contribution in [3.8, 4) is 0 Å². The highest BCUT2D eigenvalue weighted by molar-refractivity contribution is 5.94. The number of carbonyl (C=O) groups is 1. The molecule has 0 unspecified atom stereocenters. The van der Waals surface area contributed by atoms with Crippen LogP contribution in [0.3, 0.4) is 0 Å². The molecule has 0 spiro atoms. The van der Waals surface area contributed by atoms with Crippen LogP contribution in [0, 0.1) is 0 Å². The molecule has 0 saturated carbocycles. The van der Waals surface area contributed by atoms with Crippen molar-refractivity contribution in [2.75, 3.05) is 0 Å². The second kappa shape index (κ2) is 5.04. The predicted molar refractivity (Wildman–Crippen MR) is 78.0 cm³/mol. The average molecular weight is 313 g/mol. The van der Waals surface area contributed by atoms with Crippen molar-refractivity contribution in [2.45, 2.75) is 45.3 Å². The summed E-state index contributed by atoms with van der Waals surface area (Å²) in [6.07, 6.45) is -3.01. The minimum atomic E-state index is -4.54. The van der Waals surface area contributed by atoms with E-state index >= 15 is 0 Å². The summed E-state index contributed by atoms with van der Waals surface area (Å²) in [6, 6.07) is 3.85. The quantitative estimate of drug-likeness (QED) is 0.899. The standard InChI is InChI=1S/C16H18F3NO2/c1-9(2)20-8-11(15(3,4)14(21)22)13-10(16(17,18)19)6-5-7-12(13)20/h5-9H,1-4H3,(H,21,22). The molecule has 0 aliphatic carbocycles. The summed E-state index contributed by atoms with van der Waals surface area (Å²) in [4.78, 5) is 11.5. The van der Waals surface area contributed by atoms with E-state index in [2.05, 4.69) is 0 Å². The lowest BCUT2D eigenvalue weighted by Crippen LogP contribution is -2.28. The molecule has 6 heteroatoms. The lowest BCUT2D eigenvalue weighted by molar-refractivity contribution is -0.142. The van der Waals surface area contributed by atoms with Gasteiger partial charge in [-0.3, -0.25) is 4.79 Å². The number of benzene rings is 1. The van der Waals surface area contributed by atoms with Gasteiger partial charge in [-0.05, 0) is 45.4 Å². The first-order valence-corrected chi connectivity index (χ1v) is 6.92. The van der Waals surface area contributed by atoms with Gasteiger partial charge in [0.2, 0.25) is 0 Å². The molecule has 0 bridgehead atoms. The van der Waals surface area contributed by atoms with E-state index in [-0.39, 0.29) is 17.0 Å². The van der Waals surface area contributed by atoms with E-state index in [1.165, 1.54) is 26.1 Å². The Hall–Kier alpha value is -1.98. The van der Waals surface area contributed by atoms with Gasteiger partial charge >= 0.3 is 12.1 Å². The van der Waals surface area contributed by atoms with Gasteiger partial charge in [-0.1, -0.05) is 6.07 Å². The maximum atomic E-state index is 13.3. The highest BCUT2D eigenvalue weighted by Crippen LogP contribution is 2.41. The summed E-state index contributed by atoms with van der Waals surface area (Å²) in [5.41, 5.74) is -1.64. The molecule has 1 N–H and O–H groups in total. The van der Waals surface area contributed by atoms with Crippen LogP contribution in [0.4, 0.5) is 13.2 Å². The van der Waals surface area contributed by atoms with Gasteiger partial charge in [-0.2, -0.15) is 13.2 Å². The zero-order valence-electron chi connectivity index (χ0n) is 12.8. The molecule has 2 aromatic rings. The smallest absolute Gasteiger partial charge is 0.417 e. The van der Waals surface area contributed by atoms with Crippen LogP contribution in [-0.2, 0) is 16.4 Å². The second-order valence-electron chi connectivity index (χ2n) is 6.17. The van der Waals surface area contributed by atoms with Crippen LogP contribution in [0.2, 0.25) is 0 Å². The number of fused-ring (bicyclic) bond motifs is 1. The maximum absolute atomic E-state index is 13.3. The van der Waals surface area contributed by atoms with Crippen molar-refractivity contribution < 1.29 is 23.1 Å². The van der Waals surface area contributed by atoms with Crippen molar-refractivity contribution in [1.82, 2.24) is 4.57 Å². The molecule has 0 fully saturated rings. The van der Waals surface area contributed by atoms with Crippen LogP contribution in [0.15, 0.2) is 24.4 Å². The highest BCUT2D eigenvalue weighted by atomic mass is 19.4. The first kappa shape index (κ1) is 16.4. The van der Waals surface area contributed by atoms with Crippen LogP contribution >= 0.6 is 0 Å². The van der Waals surface area contributed by atoms with Gasteiger partial charge < -0.3 is 9.67 Å². The van der Waals surface area contributed by atoms with Crippen molar-refractivity contribution in [2.24, 2.45) is 0 Å². The molecule has 2 rings (SSSR count). The summed E-state index contributed by atoms with van der Waals surface area (Å²) in [7, 11) is 0. The van der Waals surface area contributed by atoms with Crippen LogP contribution in [0.25, 0.3) is 10.9 Å². The van der Waals surface area contributed by atoms with E-state index in [0.717, 1.165) is 6.07 Å². The molecular formula is C16H18F3NO2. The molecule has 0 amide bonds. The van der Waals surface area contributed by atoms with Gasteiger partial charge in [-0.25, -0.2) is 0 Å². The third-order valence-corrected chi connectivity index (χ3v) is 3.93. The molecule has 3 nitrogen and oxygen atoms in total. The molecule has 0 atom stereocenters. The Labute approximate surface area is 126 Å². The second-order valence-corrected chi connectivity index (χ2v) is 6.17. The van der Waals surface area contributed by atoms with E-state index in [1.54, 1.807) is 10.6 Å². The Kier molecular flexibility index (Phi) is 3.75. The highest BCUT2D eigenvalue weighted by Gasteiger charge is 2.39. The SMILES string of the molecule is CC(C)n1cc(C(C)(C)C(=O)O)c2c(C(F)(F)F)cccc21. The molecule has 1 heterocycles. The van der Waals surface area contributed by atoms with E-state index in [4.69, 9.17) is 0 Å². The summed E-state index contributed by atoms with van der Waals surface area (Å²) in [5.74, 6) is -1.16. The first-order valence-electron chi connectivity index (χ1n) is 6.92. The average Bonchev–Trinajstić information content (AvgIpc) is 2.77. The monoisotopic (exact) mass is 313 g/mol. The fraction of sp³-hybridized carbons (Fsp3) is 0.438. The molecule has 120 valence electrons. The molecule has 1 aromatic carbocycles. The van der Waals surface area contributed by atoms with Gasteiger partial charge in [0.25, 0.3) is 0 Å². The normalized spacial score (nSPS) is 13.1. The molecule has 0 aliphatic heterocycles. The lowest BCUT2D eigenvalue weighted by Gasteiger charge is -2.20. The fourth-order valence-corrected chi connectivity index (χ4v) is 2.56. The van der Waals surface area contributed by atoms with Crippen LogP contribution in [-0.4, -0.2) is 15.6 Å². The lowest BCUT2D eigenvalue weighted by atomic mass is 9.83. The number of carboxylic acids is 1. The van der Waals surface area contributed by atoms with Crippen molar-refractivity contribution in [1.29, 1.82) is 0 Å². The van der Waals surface area contributed by atoms with E-state index in [1.807, 2.05) is 13.8 Å². The Morgan fingerprint density at radius 3 is 2.23 bits per heavy atom. The number of carboxylic acid groups (broad SMARTS) is 1. The minimum Gasteiger partial charge on any atom is -0.481 e.